The molecule has 3 aromatic rings. The Kier molecular flexibility index (Phi) is 5.94. The zero-order valence-electron chi connectivity index (χ0n) is 15.4. The number of nitrogens with zero attached hydrogens (tertiary/aromatic N) is 3. The number of thiazole rings is 1. The second kappa shape index (κ2) is 8.25. The molecule has 2 aromatic heterocycles. The van der Waals surface area contributed by atoms with Crippen molar-refractivity contribution in [1.29, 1.82) is 0 Å². The Balaban J connectivity index is 1.81. The topological polar surface area (TPSA) is 106 Å². The quantitative estimate of drug-likeness (QED) is 0.581. The average Bonchev–Trinajstić information content (AvgIpc) is 3.28. The maximum absolute atomic E-state index is 13.1. The third kappa shape index (κ3) is 4.77. The van der Waals surface area contributed by atoms with Crippen LogP contribution in [0.4, 0.5) is 19.6 Å². The molecular weight excluding hydrogens is 424 g/mol. The Labute approximate surface area is 169 Å². The van der Waals surface area contributed by atoms with Crippen molar-refractivity contribution in [2.45, 2.75) is 20.4 Å². The number of alkyl halides is 2. The SMILES string of the molecule is CCS(=O)(=O)Nc1cccc(C(=O)Nc2nc(C)c(-c3nccn3C(F)F)s2)c1. The number of hydrogen-bond donors (Lipinski definition) is 2. The first-order chi connectivity index (χ1) is 13.7. The largest absolute Gasteiger partial charge is 0.320 e. The van der Waals surface area contributed by atoms with Crippen LogP contribution in [-0.4, -0.2) is 34.6 Å². The lowest BCUT2D eigenvalue weighted by Crippen LogP contribution is -2.16. The summed E-state index contributed by atoms with van der Waals surface area (Å²) in [4.78, 5) is 21.1. The number of imidazole rings is 1. The van der Waals surface area contributed by atoms with Gasteiger partial charge in [-0.05, 0) is 32.0 Å². The molecular formula is C17H17F2N5O3S2. The van der Waals surface area contributed by atoms with E-state index in [0.29, 0.717) is 10.6 Å². The molecule has 0 radical (unpaired) electrons. The summed E-state index contributed by atoms with van der Waals surface area (Å²) >= 11 is 1.02. The summed E-state index contributed by atoms with van der Waals surface area (Å²) < 4.78 is 52.6. The van der Waals surface area contributed by atoms with Gasteiger partial charge in [0.05, 0.1) is 16.3 Å². The highest BCUT2D eigenvalue weighted by Crippen LogP contribution is 2.33. The first-order valence-corrected chi connectivity index (χ1v) is 10.9. The summed E-state index contributed by atoms with van der Waals surface area (Å²) in [6.07, 6.45) is 2.43. The number of aromatic nitrogens is 3. The summed E-state index contributed by atoms with van der Waals surface area (Å²) in [5, 5.41) is 2.81. The molecule has 2 heterocycles. The number of amides is 1. The van der Waals surface area contributed by atoms with Gasteiger partial charge in [0.2, 0.25) is 10.0 Å². The molecule has 0 atom stereocenters. The van der Waals surface area contributed by atoms with E-state index in [1.165, 1.54) is 37.5 Å². The average molecular weight is 441 g/mol. The normalized spacial score (nSPS) is 11.6. The number of aryl methyl sites for hydroxylation is 1. The molecule has 0 aliphatic heterocycles. The first-order valence-electron chi connectivity index (χ1n) is 8.41. The highest BCUT2D eigenvalue weighted by Gasteiger charge is 2.20. The zero-order chi connectivity index (χ0) is 21.2. The predicted octanol–water partition coefficient (Wildman–Crippen LogP) is 3.72. The van der Waals surface area contributed by atoms with Crippen molar-refractivity contribution in [2.24, 2.45) is 0 Å². The number of carbonyl (C=O) groups is 1. The van der Waals surface area contributed by atoms with Crippen molar-refractivity contribution in [1.82, 2.24) is 14.5 Å². The van der Waals surface area contributed by atoms with E-state index in [0.717, 1.165) is 15.9 Å². The van der Waals surface area contributed by atoms with Crippen LogP contribution in [0, 0.1) is 6.92 Å². The second-order valence-electron chi connectivity index (χ2n) is 5.91. The summed E-state index contributed by atoms with van der Waals surface area (Å²) in [5.74, 6) is -0.551. The van der Waals surface area contributed by atoms with Crippen LogP contribution in [0.2, 0.25) is 0 Å². The fourth-order valence-corrected chi connectivity index (χ4v) is 4.04. The van der Waals surface area contributed by atoms with E-state index in [-0.39, 0.29) is 28.0 Å². The summed E-state index contributed by atoms with van der Waals surface area (Å²) in [6, 6.07) is 5.98. The van der Waals surface area contributed by atoms with Crippen LogP contribution in [0.15, 0.2) is 36.7 Å². The third-order valence-corrected chi connectivity index (χ3v) is 6.25. The minimum atomic E-state index is -3.47. The molecule has 8 nitrogen and oxygen atoms in total. The van der Waals surface area contributed by atoms with Gasteiger partial charge in [0, 0.05) is 23.6 Å². The molecule has 0 bridgehead atoms. The first kappa shape index (κ1) is 20.9. The van der Waals surface area contributed by atoms with Crippen LogP contribution in [-0.2, 0) is 10.0 Å². The molecule has 0 saturated heterocycles. The predicted molar refractivity (Wildman–Crippen MR) is 107 cm³/mol. The summed E-state index contributed by atoms with van der Waals surface area (Å²) in [5.41, 5.74) is 0.919. The van der Waals surface area contributed by atoms with E-state index in [2.05, 4.69) is 20.0 Å². The van der Waals surface area contributed by atoms with Gasteiger partial charge in [-0.25, -0.2) is 18.4 Å². The van der Waals surface area contributed by atoms with E-state index < -0.39 is 22.5 Å². The fourth-order valence-electron chi connectivity index (χ4n) is 2.45. The van der Waals surface area contributed by atoms with Crippen LogP contribution >= 0.6 is 11.3 Å². The zero-order valence-corrected chi connectivity index (χ0v) is 17.0. The molecule has 0 fully saturated rings. The van der Waals surface area contributed by atoms with Crippen molar-refractivity contribution >= 4 is 38.1 Å². The van der Waals surface area contributed by atoms with Gasteiger partial charge < -0.3 is 0 Å². The van der Waals surface area contributed by atoms with Crippen LogP contribution in [0.5, 0.6) is 0 Å². The van der Waals surface area contributed by atoms with Gasteiger partial charge >= 0.3 is 6.55 Å². The Morgan fingerprint density at radius 2 is 2.10 bits per heavy atom. The highest BCUT2D eigenvalue weighted by molar-refractivity contribution is 7.92. The monoisotopic (exact) mass is 441 g/mol. The molecule has 2 N–H and O–H groups in total. The third-order valence-electron chi connectivity index (χ3n) is 3.88. The molecule has 12 heteroatoms. The highest BCUT2D eigenvalue weighted by atomic mass is 32.2. The van der Waals surface area contributed by atoms with Crippen LogP contribution < -0.4 is 10.0 Å². The summed E-state index contributed by atoms with van der Waals surface area (Å²) in [6.45, 7) is 0.383. The van der Waals surface area contributed by atoms with Gasteiger partial charge in [0.25, 0.3) is 5.91 Å². The van der Waals surface area contributed by atoms with Crippen LogP contribution in [0.1, 0.15) is 29.5 Å². The molecule has 0 aliphatic carbocycles. The van der Waals surface area contributed by atoms with E-state index >= 15 is 0 Å². The molecule has 29 heavy (non-hydrogen) atoms. The number of benzene rings is 1. The Hall–Kier alpha value is -2.86. The van der Waals surface area contributed by atoms with E-state index in [9.17, 15) is 22.0 Å². The molecule has 3 rings (SSSR count). The van der Waals surface area contributed by atoms with Crippen molar-refractivity contribution in [2.75, 3.05) is 15.8 Å². The number of rotatable bonds is 7. The van der Waals surface area contributed by atoms with Gasteiger partial charge in [0.15, 0.2) is 11.0 Å². The lowest BCUT2D eigenvalue weighted by Gasteiger charge is -2.08. The second-order valence-corrected chi connectivity index (χ2v) is 8.92. The Bertz CT molecular complexity index is 1140. The Morgan fingerprint density at radius 3 is 2.79 bits per heavy atom. The number of hydrogen-bond acceptors (Lipinski definition) is 6. The van der Waals surface area contributed by atoms with Crippen molar-refractivity contribution in [3.63, 3.8) is 0 Å². The molecule has 0 spiro atoms. The lowest BCUT2D eigenvalue weighted by molar-refractivity contribution is 0.0720. The molecule has 0 saturated carbocycles. The maximum Gasteiger partial charge on any atom is 0.320 e. The number of anilines is 2. The van der Waals surface area contributed by atoms with Gasteiger partial charge in [-0.1, -0.05) is 17.4 Å². The Morgan fingerprint density at radius 1 is 1.34 bits per heavy atom. The summed E-state index contributed by atoms with van der Waals surface area (Å²) in [7, 11) is -3.47. The maximum atomic E-state index is 13.1. The number of carbonyl (C=O) groups excluding carboxylic acids is 1. The van der Waals surface area contributed by atoms with E-state index in [4.69, 9.17) is 0 Å². The van der Waals surface area contributed by atoms with Crippen molar-refractivity contribution in [3.8, 4) is 10.7 Å². The standard InChI is InChI=1S/C17H17F2N5O3S2/c1-3-29(26,27)23-12-6-4-5-11(9-12)15(25)22-17-21-10(2)13(28-17)14-20-7-8-24(14)16(18)19/h4-9,16,23H,3H2,1-2H3,(H,21,22,25). The van der Waals surface area contributed by atoms with E-state index in [1.807, 2.05) is 0 Å². The molecule has 0 unspecified atom stereocenters. The number of sulfonamides is 1. The fraction of sp³-hybridized carbons (Fsp3) is 0.235. The van der Waals surface area contributed by atoms with Crippen LogP contribution in [0.25, 0.3) is 10.7 Å². The molecule has 1 aromatic carbocycles. The van der Waals surface area contributed by atoms with Gasteiger partial charge in [-0.2, -0.15) is 8.78 Å². The molecule has 154 valence electrons. The van der Waals surface area contributed by atoms with E-state index in [1.54, 1.807) is 13.0 Å². The number of halogens is 2. The lowest BCUT2D eigenvalue weighted by atomic mass is 10.2. The van der Waals surface area contributed by atoms with Crippen LogP contribution in [0.3, 0.4) is 0 Å². The van der Waals surface area contributed by atoms with Gasteiger partial charge in [-0.15, -0.1) is 0 Å². The van der Waals surface area contributed by atoms with Crippen molar-refractivity contribution < 1.29 is 22.0 Å². The van der Waals surface area contributed by atoms with Gasteiger partial charge in [-0.3, -0.25) is 19.4 Å². The smallest absolute Gasteiger partial charge is 0.298 e. The molecule has 0 aliphatic rings. The molecule has 1 amide bonds. The number of nitrogens with one attached hydrogen (secondary N) is 2. The minimum Gasteiger partial charge on any atom is -0.298 e. The van der Waals surface area contributed by atoms with Crippen molar-refractivity contribution in [3.05, 3.63) is 47.9 Å². The minimum absolute atomic E-state index is 0.0615. The van der Waals surface area contributed by atoms with Gasteiger partial charge in [0.1, 0.15) is 0 Å².